The van der Waals surface area contributed by atoms with Gasteiger partial charge in [-0.3, -0.25) is 14.4 Å². The Kier molecular flexibility index (Phi) is 9.90. The van der Waals surface area contributed by atoms with Crippen molar-refractivity contribution >= 4 is 74.4 Å². The summed E-state index contributed by atoms with van der Waals surface area (Å²) in [5.41, 5.74) is 4.45. The summed E-state index contributed by atoms with van der Waals surface area (Å²) in [6.07, 6.45) is 1.31. The van der Waals surface area contributed by atoms with Gasteiger partial charge >= 0.3 is 11.8 Å². The highest BCUT2D eigenvalue weighted by Crippen LogP contribution is 2.36. The van der Waals surface area contributed by atoms with Crippen molar-refractivity contribution in [2.75, 3.05) is 24.4 Å². The minimum atomic E-state index is -1.02. The molecule has 0 aliphatic rings. The summed E-state index contributed by atoms with van der Waals surface area (Å²) in [5.74, 6) is -1.71. The van der Waals surface area contributed by atoms with E-state index in [1.165, 1.54) is 19.4 Å². The Morgan fingerprint density at radius 1 is 1.00 bits per heavy atom. The average Bonchev–Trinajstić information content (AvgIpc) is 2.87. The summed E-state index contributed by atoms with van der Waals surface area (Å²) in [4.78, 5) is 36.5. The SMILES string of the molecule is COc1cc(/C=N\NC(=O)C(=O)Nc2cccc(Cl)c2Cl)cc(Br)c1OCC(=O)Nc1ccccc1C. The topological polar surface area (TPSA) is 118 Å². The van der Waals surface area contributed by atoms with Crippen LogP contribution in [0.3, 0.4) is 0 Å². The van der Waals surface area contributed by atoms with Crippen LogP contribution in [0, 0.1) is 6.92 Å². The van der Waals surface area contributed by atoms with E-state index in [0.717, 1.165) is 5.56 Å². The summed E-state index contributed by atoms with van der Waals surface area (Å²) in [5, 5.41) is 9.29. The van der Waals surface area contributed by atoms with E-state index in [-0.39, 0.29) is 28.2 Å². The second-order valence-corrected chi connectivity index (χ2v) is 9.08. The monoisotopic (exact) mass is 606 g/mol. The number of aryl methyl sites for hydroxylation is 1. The number of amides is 3. The summed E-state index contributed by atoms with van der Waals surface area (Å²) in [6.45, 7) is 1.64. The quantitative estimate of drug-likeness (QED) is 0.185. The predicted molar refractivity (Wildman–Crippen MR) is 147 cm³/mol. The molecule has 37 heavy (non-hydrogen) atoms. The average molecular weight is 608 g/mol. The third-order valence-corrected chi connectivity index (χ3v) is 6.21. The number of carbonyl (C=O) groups excluding carboxylic acids is 3. The summed E-state index contributed by atoms with van der Waals surface area (Å²) in [6, 6.07) is 15.2. The van der Waals surface area contributed by atoms with E-state index in [9.17, 15) is 14.4 Å². The van der Waals surface area contributed by atoms with Crippen LogP contribution in [0.1, 0.15) is 11.1 Å². The molecule has 0 atom stereocenters. The smallest absolute Gasteiger partial charge is 0.329 e. The lowest BCUT2D eigenvalue weighted by atomic mass is 10.2. The van der Waals surface area contributed by atoms with Crippen molar-refractivity contribution < 1.29 is 23.9 Å². The van der Waals surface area contributed by atoms with Crippen molar-refractivity contribution in [1.29, 1.82) is 0 Å². The van der Waals surface area contributed by atoms with Crippen molar-refractivity contribution in [3.63, 3.8) is 0 Å². The van der Waals surface area contributed by atoms with Crippen molar-refractivity contribution in [2.24, 2.45) is 5.10 Å². The van der Waals surface area contributed by atoms with Crippen molar-refractivity contribution in [2.45, 2.75) is 6.92 Å². The van der Waals surface area contributed by atoms with Gasteiger partial charge in [0.2, 0.25) is 0 Å². The summed E-state index contributed by atoms with van der Waals surface area (Å²) < 4.78 is 11.5. The van der Waals surface area contributed by atoms with Gasteiger partial charge in [0, 0.05) is 5.69 Å². The Morgan fingerprint density at radius 2 is 1.73 bits per heavy atom. The van der Waals surface area contributed by atoms with Crippen molar-refractivity contribution in [1.82, 2.24) is 5.43 Å². The van der Waals surface area contributed by atoms with E-state index in [1.54, 1.807) is 30.3 Å². The first-order valence-corrected chi connectivity index (χ1v) is 12.2. The minimum Gasteiger partial charge on any atom is -0.493 e. The number of nitrogens with one attached hydrogen (secondary N) is 3. The second kappa shape index (κ2) is 13.1. The minimum absolute atomic E-state index is 0.112. The molecule has 12 heteroatoms. The highest BCUT2D eigenvalue weighted by atomic mass is 79.9. The van der Waals surface area contributed by atoms with E-state index in [4.69, 9.17) is 32.7 Å². The Balaban J connectivity index is 1.60. The van der Waals surface area contributed by atoms with Gasteiger partial charge in [-0.1, -0.05) is 47.5 Å². The number of hydrogen-bond acceptors (Lipinski definition) is 6. The molecule has 0 saturated heterocycles. The maximum absolute atomic E-state index is 12.3. The van der Waals surface area contributed by atoms with Crippen molar-refractivity contribution in [3.8, 4) is 11.5 Å². The summed E-state index contributed by atoms with van der Waals surface area (Å²) in [7, 11) is 1.44. The van der Waals surface area contributed by atoms with Crippen LogP contribution in [0.15, 0.2) is 64.2 Å². The van der Waals surface area contributed by atoms with Crippen LogP contribution < -0.4 is 25.5 Å². The third kappa shape index (κ3) is 7.69. The van der Waals surface area contributed by atoms with Crippen LogP contribution >= 0.6 is 39.1 Å². The highest BCUT2D eigenvalue weighted by Gasteiger charge is 2.16. The standard InChI is InChI=1S/C25H21BrCl2N4O5/c1-14-6-3-4-8-18(14)30-21(33)13-37-23-16(26)10-15(11-20(23)36-2)12-29-32-25(35)24(34)31-19-9-5-7-17(27)22(19)28/h3-12H,13H2,1-2H3,(H,30,33)(H,31,34)(H,32,35)/b29-12-. The van der Waals surface area contributed by atoms with Crippen LogP contribution in [0.5, 0.6) is 11.5 Å². The molecule has 3 rings (SSSR count). The molecule has 0 heterocycles. The van der Waals surface area contributed by atoms with Gasteiger partial charge in [0.1, 0.15) is 0 Å². The fourth-order valence-electron chi connectivity index (χ4n) is 2.99. The molecule has 3 amide bonds. The zero-order valence-corrected chi connectivity index (χ0v) is 22.7. The number of ether oxygens (including phenoxy) is 2. The van der Waals surface area contributed by atoms with Gasteiger partial charge in [-0.2, -0.15) is 5.10 Å². The van der Waals surface area contributed by atoms with Crippen LogP contribution in [0.2, 0.25) is 10.0 Å². The predicted octanol–water partition coefficient (Wildman–Crippen LogP) is 5.18. The number of hydrogen-bond donors (Lipinski definition) is 3. The summed E-state index contributed by atoms with van der Waals surface area (Å²) >= 11 is 15.3. The Hall–Kier alpha value is -3.60. The molecule has 0 radical (unpaired) electrons. The molecular weight excluding hydrogens is 587 g/mol. The fourth-order valence-corrected chi connectivity index (χ4v) is 3.91. The van der Waals surface area contributed by atoms with E-state index >= 15 is 0 Å². The Labute approximate surface area is 231 Å². The molecule has 3 N–H and O–H groups in total. The lowest BCUT2D eigenvalue weighted by molar-refractivity contribution is -0.136. The lowest BCUT2D eigenvalue weighted by Gasteiger charge is -2.14. The van der Waals surface area contributed by atoms with Gasteiger partial charge in [-0.15, -0.1) is 0 Å². The van der Waals surface area contributed by atoms with E-state index in [1.807, 2.05) is 25.1 Å². The van der Waals surface area contributed by atoms with Gasteiger partial charge in [0.05, 0.1) is 33.5 Å². The van der Waals surface area contributed by atoms with Crippen molar-refractivity contribution in [3.05, 3.63) is 80.2 Å². The van der Waals surface area contributed by atoms with Gasteiger partial charge in [-0.25, -0.2) is 5.43 Å². The number of nitrogens with zero attached hydrogens (tertiary/aromatic N) is 1. The number of methoxy groups -OCH3 is 1. The molecule has 192 valence electrons. The van der Waals surface area contributed by atoms with Crippen LogP contribution in [0.4, 0.5) is 11.4 Å². The largest absolute Gasteiger partial charge is 0.493 e. The fraction of sp³-hybridized carbons (Fsp3) is 0.120. The number of hydrazone groups is 1. The molecule has 0 aliphatic heterocycles. The number of anilines is 2. The first-order valence-electron chi connectivity index (χ1n) is 10.6. The van der Waals surface area contributed by atoms with Crippen LogP contribution in [0.25, 0.3) is 0 Å². The number of para-hydroxylation sites is 1. The van der Waals surface area contributed by atoms with Gasteiger partial charge in [-0.05, 0) is 64.3 Å². The van der Waals surface area contributed by atoms with E-state index in [2.05, 4.69) is 37.1 Å². The molecule has 0 bridgehead atoms. The molecule has 0 saturated carbocycles. The zero-order chi connectivity index (χ0) is 26.9. The maximum atomic E-state index is 12.3. The Morgan fingerprint density at radius 3 is 2.46 bits per heavy atom. The molecule has 0 unspecified atom stereocenters. The molecule has 0 aliphatic carbocycles. The first kappa shape index (κ1) is 28.0. The van der Waals surface area contributed by atoms with E-state index < -0.39 is 11.8 Å². The number of rotatable bonds is 8. The maximum Gasteiger partial charge on any atom is 0.329 e. The second-order valence-electron chi connectivity index (χ2n) is 7.44. The lowest BCUT2D eigenvalue weighted by Crippen LogP contribution is -2.32. The first-order chi connectivity index (χ1) is 17.7. The molecule has 0 spiro atoms. The highest BCUT2D eigenvalue weighted by molar-refractivity contribution is 9.10. The molecule has 9 nitrogen and oxygen atoms in total. The zero-order valence-electron chi connectivity index (χ0n) is 19.6. The van der Waals surface area contributed by atoms with Crippen LogP contribution in [-0.4, -0.2) is 37.7 Å². The van der Waals surface area contributed by atoms with Gasteiger partial charge in [0.15, 0.2) is 18.1 Å². The Bertz CT molecular complexity index is 1370. The number of carbonyl (C=O) groups is 3. The van der Waals surface area contributed by atoms with Gasteiger partial charge < -0.3 is 20.1 Å². The molecule has 3 aromatic rings. The molecule has 3 aromatic carbocycles. The molecule has 0 fully saturated rings. The normalized spacial score (nSPS) is 10.6. The number of halogens is 3. The van der Waals surface area contributed by atoms with Gasteiger partial charge in [0.25, 0.3) is 5.91 Å². The van der Waals surface area contributed by atoms with Crippen LogP contribution in [-0.2, 0) is 14.4 Å². The molecular formula is C25H21BrCl2N4O5. The van der Waals surface area contributed by atoms with E-state index in [0.29, 0.717) is 27.2 Å². The third-order valence-electron chi connectivity index (χ3n) is 4.80. The molecule has 0 aromatic heterocycles. The number of benzene rings is 3.